The number of hydrogen-bond acceptors (Lipinski definition) is 3. The molecule has 29 heavy (non-hydrogen) atoms. The summed E-state index contributed by atoms with van der Waals surface area (Å²) in [7, 11) is 0. The third-order valence-electron chi connectivity index (χ3n) is 5.02. The highest BCUT2D eigenvalue weighted by Crippen LogP contribution is 2.41. The molecule has 3 nitrogen and oxygen atoms in total. The minimum atomic E-state index is 0.570. The Morgan fingerprint density at radius 2 is 1.17 bits per heavy atom. The van der Waals surface area contributed by atoms with E-state index in [1.807, 2.05) is 30.3 Å². The van der Waals surface area contributed by atoms with Gasteiger partial charge in [-0.3, -0.25) is 0 Å². The summed E-state index contributed by atoms with van der Waals surface area (Å²) in [5, 5.41) is 3.60. The van der Waals surface area contributed by atoms with Crippen molar-refractivity contribution in [2.24, 2.45) is 0 Å². The average molecular weight is 379 g/mol. The first-order valence-electron chi connectivity index (χ1n) is 9.78. The van der Waals surface area contributed by atoms with Crippen LogP contribution in [-0.4, -0.2) is 13.2 Å². The fraction of sp³-hybridized carbons (Fsp3) is 0.0769. The van der Waals surface area contributed by atoms with Gasteiger partial charge < -0.3 is 14.8 Å². The molecule has 5 rings (SSSR count). The zero-order valence-electron chi connectivity index (χ0n) is 16.0. The zero-order chi connectivity index (χ0) is 19.5. The number of nitrogens with one attached hydrogen (secondary N) is 1. The highest BCUT2D eigenvalue weighted by atomic mass is 16.6. The Labute approximate surface area is 170 Å². The minimum Gasteiger partial charge on any atom is -0.486 e. The standard InChI is InChI=1S/C26H21NO2/c1-3-8-19(9-4-1)21-12-7-13-22(16-21)27-24-18-26-25(28-14-15-29-26)17-23(24)20-10-5-2-6-11-20/h1-13,16-18,27H,14-15H2. The normalized spacial score (nSPS) is 12.4. The highest BCUT2D eigenvalue weighted by molar-refractivity contribution is 5.84. The number of fused-ring (bicyclic) bond motifs is 1. The number of hydrogen-bond donors (Lipinski definition) is 1. The first-order valence-corrected chi connectivity index (χ1v) is 9.78. The van der Waals surface area contributed by atoms with Crippen molar-refractivity contribution in [1.82, 2.24) is 0 Å². The van der Waals surface area contributed by atoms with Crippen molar-refractivity contribution in [1.29, 1.82) is 0 Å². The molecular weight excluding hydrogens is 358 g/mol. The highest BCUT2D eigenvalue weighted by Gasteiger charge is 2.17. The summed E-state index contributed by atoms with van der Waals surface area (Å²) in [6.45, 7) is 1.15. The maximum atomic E-state index is 5.82. The van der Waals surface area contributed by atoms with Crippen LogP contribution in [0, 0.1) is 0 Å². The van der Waals surface area contributed by atoms with Gasteiger partial charge in [-0.05, 0) is 34.9 Å². The Balaban J connectivity index is 1.56. The molecule has 0 radical (unpaired) electrons. The van der Waals surface area contributed by atoms with E-state index in [9.17, 15) is 0 Å². The van der Waals surface area contributed by atoms with Gasteiger partial charge in [0.25, 0.3) is 0 Å². The lowest BCUT2D eigenvalue weighted by Gasteiger charge is -2.22. The van der Waals surface area contributed by atoms with Gasteiger partial charge in [-0.2, -0.15) is 0 Å². The zero-order valence-corrected chi connectivity index (χ0v) is 16.0. The van der Waals surface area contributed by atoms with Crippen LogP contribution in [0.5, 0.6) is 11.5 Å². The lowest BCUT2D eigenvalue weighted by Crippen LogP contribution is -2.15. The van der Waals surface area contributed by atoms with E-state index in [-0.39, 0.29) is 0 Å². The monoisotopic (exact) mass is 379 g/mol. The molecular formula is C26H21NO2. The number of ether oxygens (including phenoxy) is 2. The molecule has 0 amide bonds. The van der Waals surface area contributed by atoms with E-state index < -0.39 is 0 Å². The van der Waals surface area contributed by atoms with E-state index in [0.29, 0.717) is 13.2 Å². The summed E-state index contributed by atoms with van der Waals surface area (Å²) < 4.78 is 11.6. The first-order chi connectivity index (χ1) is 14.4. The summed E-state index contributed by atoms with van der Waals surface area (Å²) in [5.74, 6) is 1.57. The summed E-state index contributed by atoms with van der Waals surface area (Å²) in [5.41, 5.74) is 6.60. The van der Waals surface area contributed by atoms with Crippen LogP contribution in [0.4, 0.5) is 11.4 Å². The lowest BCUT2D eigenvalue weighted by atomic mass is 10.0. The van der Waals surface area contributed by atoms with E-state index in [1.165, 1.54) is 11.1 Å². The smallest absolute Gasteiger partial charge is 0.163 e. The summed E-state index contributed by atoms with van der Waals surface area (Å²) in [6, 6.07) is 33.3. The van der Waals surface area contributed by atoms with Crippen molar-refractivity contribution in [3.8, 4) is 33.8 Å². The van der Waals surface area contributed by atoms with Gasteiger partial charge in [0.2, 0.25) is 0 Å². The van der Waals surface area contributed by atoms with E-state index >= 15 is 0 Å². The molecule has 142 valence electrons. The second kappa shape index (κ2) is 7.72. The van der Waals surface area contributed by atoms with Gasteiger partial charge in [-0.1, -0.05) is 72.8 Å². The van der Waals surface area contributed by atoms with Crippen LogP contribution < -0.4 is 14.8 Å². The Hall–Kier alpha value is -3.72. The third kappa shape index (κ3) is 3.67. The van der Waals surface area contributed by atoms with Crippen LogP contribution in [0.25, 0.3) is 22.3 Å². The second-order valence-corrected chi connectivity index (χ2v) is 6.98. The predicted molar refractivity (Wildman–Crippen MR) is 118 cm³/mol. The van der Waals surface area contributed by atoms with Crippen molar-refractivity contribution in [2.75, 3.05) is 18.5 Å². The van der Waals surface area contributed by atoms with Crippen molar-refractivity contribution in [2.45, 2.75) is 0 Å². The molecule has 1 aliphatic rings. The van der Waals surface area contributed by atoms with Crippen LogP contribution in [0.1, 0.15) is 0 Å². The lowest BCUT2D eigenvalue weighted by molar-refractivity contribution is 0.172. The molecule has 0 saturated carbocycles. The van der Waals surface area contributed by atoms with Gasteiger partial charge in [0, 0.05) is 17.3 Å². The molecule has 0 spiro atoms. The fourth-order valence-electron chi connectivity index (χ4n) is 3.61. The molecule has 0 unspecified atom stereocenters. The molecule has 1 heterocycles. The third-order valence-corrected chi connectivity index (χ3v) is 5.02. The number of anilines is 2. The maximum absolute atomic E-state index is 5.82. The SMILES string of the molecule is c1ccc(-c2cccc(Nc3cc4c(cc3-c3ccccc3)OCCO4)c2)cc1. The van der Waals surface area contributed by atoms with Gasteiger partial charge in [0.15, 0.2) is 11.5 Å². The van der Waals surface area contributed by atoms with Gasteiger partial charge in [-0.25, -0.2) is 0 Å². The van der Waals surface area contributed by atoms with Gasteiger partial charge in [-0.15, -0.1) is 0 Å². The first kappa shape index (κ1) is 17.4. The fourth-order valence-corrected chi connectivity index (χ4v) is 3.61. The van der Waals surface area contributed by atoms with E-state index in [1.54, 1.807) is 0 Å². The molecule has 0 saturated heterocycles. The molecule has 0 atom stereocenters. The molecule has 0 fully saturated rings. The Morgan fingerprint density at radius 1 is 0.552 bits per heavy atom. The van der Waals surface area contributed by atoms with Crippen molar-refractivity contribution in [3.05, 3.63) is 97.1 Å². The van der Waals surface area contributed by atoms with Crippen LogP contribution in [0.3, 0.4) is 0 Å². The van der Waals surface area contributed by atoms with Crippen LogP contribution in [0.2, 0.25) is 0 Å². The summed E-state index contributed by atoms with van der Waals surface area (Å²) in [6.07, 6.45) is 0. The number of benzene rings is 4. The average Bonchev–Trinajstić information content (AvgIpc) is 2.80. The Morgan fingerprint density at radius 3 is 1.90 bits per heavy atom. The van der Waals surface area contributed by atoms with Gasteiger partial charge >= 0.3 is 0 Å². The molecule has 3 heteroatoms. The van der Waals surface area contributed by atoms with E-state index in [4.69, 9.17) is 9.47 Å². The molecule has 0 bridgehead atoms. The van der Waals surface area contributed by atoms with Crippen molar-refractivity contribution in [3.63, 3.8) is 0 Å². The van der Waals surface area contributed by atoms with Gasteiger partial charge in [0.05, 0.1) is 5.69 Å². The summed E-state index contributed by atoms with van der Waals surface area (Å²) in [4.78, 5) is 0. The predicted octanol–water partition coefficient (Wildman–Crippen LogP) is 6.54. The van der Waals surface area contributed by atoms with E-state index in [0.717, 1.165) is 34.0 Å². The molecule has 1 N–H and O–H groups in total. The van der Waals surface area contributed by atoms with Crippen LogP contribution in [-0.2, 0) is 0 Å². The quantitative estimate of drug-likeness (QED) is 0.437. The molecule has 0 aliphatic carbocycles. The van der Waals surface area contributed by atoms with Crippen LogP contribution >= 0.6 is 0 Å². The molecule has 4 aromatic carbocycles. The largest absolute Gasteiger partial charge is 0.486 e. The second-order valence-electron chi connectivity index (χ2n) is 6.98. The Bertz CT molecular complexity index is 1120. The molecule has 4 aromatic rings. The number of rotatable bonds is 4. The van der Waals surface area contributed by atoms with E-state index in [2.05, 4.69) is 72.0 Å². The Kier molecular flexibility index (Phi) is 4.63. The topological polar surface area (TPSA) is 30.5 Å². The molecule has 0 aromatic heterocycles. The van der Waals surface area contributed by atoms with Crippen molar-refractivity contribution >= 4 is 11.4 Å². The molecule has 1 aliphatic heterocycles. The van der Waals surface area contributed by atoms with Gasteiger partial charge in [0.1, 0.15) is 13.2 Å². The summed E-state index contributed by atoms with van der Waals surface area (Å²) >= 11 is 0. The van der Waals surface area contributed by atoms with Crippen molar-refractivity contribution < 1.29 is 9.47 Å². The van der Waals surface area contributed by atoms with Crippen LogP contribution in [0.15, 0.2) is 97.1 Å². The minimum absolute atomic E-state index is 0.570. The maximum Gasteiger partial charge on any atom is 0.163 e.